The van der Waals surface area contributed by atoms with Crippen LogP contribution >= 0.6 is 11.3 Å². The van der Waals surface area contributed by atoms with Crippen LogP contribution in [0.3, 0.4) is 0 Å². The summed E-state index contributed by atoms with van der Waals surface area (Å²) < 4.78 is 1.79. The molecule has 2 heterocycles. The van der Waals surface area contributed by atoms with Crippen molar-refractivity contribution in [1.82, 2.24) is 19.8 Å². The summed E-state index contributed by atoms with van der Waals surface area (Å²) in [5, 5.41) is 12.3. The Morgan fingerprint density at radius 2 is 2.00 bits per heavy atom. The zero-order valence-corrected chi connectivity index (χ0v) is 8.68. The third-order valence-electron chi connectivity index (χ3n) is 2.20. The smallest absolute Gasteiger partial charge is 0.187 e. The number of benzene rings is 1. The Labute approximate surface area is 90.2 Å². The van der Waals surface area contributed by atoms with Gasteiger partial charge in [0.25, 0.3) is 0 Å². The monoisotopic (exact) mass is 216 g/mol. The van der Waals surface area contributed by atoms with Crippen molar-refractivity contribution >= 4 is 16.3 Å². The normalized spacial score (nSPS) is 10.9. The average molecular weight is 216 g/mol. The van der Waals surface area contributed by atoms with Crippen molar-refractivity contribution in [2.45, 2.75) is 6.42 Å². The summed E-state index contributed by atoms with van der Waals surface area (Å²) in [6.07, 6.45) is 0.770. The van der Waals surface area contributed by atoms with Crippen molar-refractivity contribution < 1.29 is 0 Å². The largest absolute Gasteiger partial charge is 0.234 e. The van der Waals surface area contributed by atoms with Crippen molar-refractivity contribution in [3.63, 3.8) is 0 Å². The predicted molar refractivity (Wildman–Crippen MR) is 57.9 cm³/mol. The quantitative estimate of drug-likeness (QED) is 0.655. The Hall–Kier alpha value is -1.75. The highest BCUT2D eigenvalue weighted by atomic mass is 32.1. The summed E-state index contributed by atoms with van der Waals surface area (Å²) in [6, 6.07) is 10.2. The van der Waals surface area contributed by atoms with Gasteiger partial charge in [-0.15, -0.1) is 10.2 Å². The molecule has 0 saturated heterocycles. The summed E-state index contributed by atoms with van der Waals surface area (Å²) in [5.41, 5.74) is 3.00. The van der Waals surface area contributed by atoms with Crippen LogP contribution in [-0.2, 0) is 6.42 Å². The maximum atomic E-state index is 4.19. The summed E-state index contributed by atoms with van der Waals surface area (Å²) in [6.45, 7) is 0. The molecule has 1 aromatic carbocycles. The maximum Gasteiger partial charge on any atom is 0.234 e. The van der Waals surface area contributed by atoms with E-state index in [1.807, 2.05) is 18.2 Å². The minimum absolute atomic E-state index is 0.770. The molecule has 0 N–H and O–H groups in total. The van der Waals surface area contributed by atoms with Gasteiger partial charge in [-0.1, -0.05) is 41.7 Å². The Kier molecular flexibility index (Phi) is 1.96. The lowest BCUT2D eigenvalue weighted by atomic mass is 10.1. The molecule has 3 rings (SSSR count). The predicted octanol–water partition coefficient (Wildman–Crippen LogP) is 1.78. The van der Waals surface area contributed by atoms with Gasteiger partial charge >= 0.3 is 0 Å². The van der Waals surface area contributed by atoms with Gasteiger partial charge in [-0.3, -0.25) is 0 Å². The molecule has 0 unspecified atom stereocenters. The lowest BCUT2D eigenvalue weighted by Gasteiger charge is -1.96. The van der Waals surface area contributed by atoms with Crippen LogP contribution in [0.4, 0.5) is 0 Å². The minimum Gasteiger partial charge on any atom is -0.187 e. The van der Waals surface area contributed by atoms with E-state index in [0.717, 1.165) is 17.2 Å². The van der Waals surface area contributed by atoms with Crippen LogP contribution in [0.1, 0.15) is 11.4 Å². The average Bonchev–Trinajstić information content (AvgIpc) is 2.85. The zero-order valence-electron chi connectivity index (χ0n) is 7.87. The summed E-state index contributed by atoms with van der Waals surface area (Å²) in [4.78, 5) is 0.848. The number of aromatic nitrogens is 4. The van der Waals surface area contributed by atoms with Gasteiger partial charge in [0.15, 0.2) is 5.82 Å². The molecule has 74 valence electrons. The van der Waals surface area contributed by atoms with E-state index in [1.165, 1.54) is 16.9 Å². The van der Waals surface area contributed by atoms with Crippen LogP contribution in [0.25, 0.3) is 4.96 Å². The van der Waals surface area contributed by atoms with E-state index in [0.29, 0.717) is 0 Å². The van der Waals surface area contributed by atoms with E-state index in [4.69, 9.17) is 0 Å². The highest BCUT2D eigenvalue weighted by Gasteiger charge is 2.07. The second-order valence-corrected chi connectivity index (χ2v) is 4.02. The highest BCUT2D eigenvalue weighted by Crippen LogP contribution is 2.11. The molecule has 3 aromatic rings. The van der Waals surface area contributed by atoms with Crippen molar-refractivity contribution in [2.75, 3.05) is 0 Å². The van der Waals surface area contributed by atoms with E-state index < -0.39 is 0 Å². The SMILES string of the molecule is c1ccc(Cc2nnc3scnn23)cc1. The Bertz CT molecular complexity index is 569. The fraction of sp³-hybridized carbons (Fsp3) is 0.100. The van der Waals surface area contributed by atoms with Gasteiger partial charge < -0.3 is 0 Å². The van der Waals surface area contributed by atoms with Gasteiger partial charge in [0, 0.05) is 6.42 Å². The molecule has 0 atom stereocenters. The van der Waals surface area contributed by atoms with Crippen molar-refractivity contribution in [3.05, 3.63) is 47.2 Å². The molecule has 5 heteroatoms. The van der Waals surface area contributed by atoms with E-state index in [1.54, 1.807) is 10.0 Å². The standard InChI is InChI=1S/C10H8N4S/c1-2-4-8(5-3-1)6-9-12-13-10-14(9)11-7-15-10/h1-5,7H,6H2. The van der Waals surface area contributed by atoms with Gasteiger partial charge in [-0.05, 0) is 5.56 Å². The van der Waals surface area contributed by atoms with Gasteiger partial charge in [-0.2, -0.15) is 9.61 Å². The Morgan fingerprint density at radius 3 is 2.87 bits per heavy atom. The first-order valence-electron chi connectivity index (χ1n) is 4.61. The molecule has 0 bridgehead atoms. The number of hydrogen-bond acceptors (Lipinski definition) is 4. The number of fused-ring (bicyclic) bond motifs is 1. The van der Waals surface area contributed by atoms with Crippen LogP contribution in [0.2, 0.25) is 0 Å². The van der Waals surface area contributed by atoms with E-state index >= 15 is 0 Å². The number of hydrogen-bond donors (Lipinski definition) is 0. The van der Waals surface area contributed by atoms with Crippen LogP contribution in [0.15, 0.2) is 35.8 Å². The van der Waals surface area contributed by atoms with Crippen molar-refractivity contribution in [2.24, 2.45) is 0 Å². The summed E-state index contributed by atoms with van der Waals surface area (Å²) >= 11 is 1.50. The van der Waals surface area contributed by atoms with E-state index in [-0.39, 0.29) is 0 Å². The van der Waals surface area contributed by atoms with Crippen LogP contribution < -0.4 is 0 Å². The number of nitrogens with zero attached hydrogens (tertiary/aromatic N) is 4. The molecule has 0 aliphatic rings. The van der Waals surface area contributed by atoms with Crippen molar-refractivity contribution in [1.29, 1.82) is 0 Å². The fourth-order valence-corrected chi connectivity index (χ4v) is 2.07. The second kappa shape index (κ2) is 3.43. The molecule has 0 spiro atoms. The molecular weight excluding hydrogens is 208 g/mol. The topological polar surface area (TPSA) is 43.1 Å². The van der Waals surface area contributed by atoms with Gasteiger partial charge in [0.05, 0.1) is 0 Å². The first-order valence-corrected chi connectivity index (χ1v) is 5.49. The summed E-state index contributed by atoms with van der Waals surface area (Å²) in [5.74, 6) is 0.887. The van der Waals surface area contributed by atoms with Crippen LogP contribution in [0.5, 0.6) is 0 Å². The maximum absolute atomic E-state index is 4.19. The molecule has 4 nitrogen and oxygen atoms in total. The summed E-state index contributed by atoms with van der Waals surface area (Å²) in [7, 11) is 0. The molecule has 15 heavy (non-hydrogen) atoms. The second-order valence-electron chi connectivity index (χ2n) is 3.21. The molecule has 0 fully saturated rings. The van der Waals surface area contributed by atoms with Gasteiger partial charge in [0.1, 0.15) is 5.51 Å². The Morgan fingerprint density at radius 1 is 1.13 bits per heavy atom. The minimum atomic E-state index is 0.770. The van der Waals surface area contributed by atoms with Crippen LogP contribution in [-0.4, -0.2) is 19.8 Å². The molecular formula is C10H8N4S. The number of rotatable bonds is 2. The fourth-order valence-electron chi connectivity index (χ4n) is 1.49. The zero-order chi connectivity index (χ0) is 10.1. The highest BCUT2D eigenvalue weighted by molar-refractivity contribution is 7.14. The third-order valence-corrected chi connectivity index (χ3v) is 2.87. The molecule has 0 radical (unpaired) electrons. The lowest BCUT2D eigenvalue weighted by Crippen LogP contribution is -1.96. The molecule has 2 aromatic heterocycles. The Balaban J connectivity index is 1.99. The lowest BCUT2D eigenvalue weighted by molar-refractivity contribution is 0.852. The van der Waals surface area contributed by atoms with Crippen LogP contribution in [0, 0.1) is 0 Å². The van der Waals surface area contributed by atoms with Crippen molar-refractivity contribution in [3.8, 4) is 0 Å². The third kappa shape index (κ3) is 1.50. The first-order chi connectivity index (χ1) is 7.43. The molecule has 0 aliphatic heterocycles. The first kappa shape index (κ1) is 8.55. The van der Waals surface area contributed by atoms with Gasteiger partial charge in [-0.25, -0.2) is 0 Å². The van der Waals surface area contributed by atoms with E-state index in [9.17, 15) is 0 Å². The van der Waals surface area contributed by atoms with E-state index in [2.05, 4.69) is 27.4 Å². The molecule has 0 aliphatic carbocycles. The molecule has 0 saturated carbocycles. The molecule has 0 amide bonds. The van der Waals surface area contributed by atoms with Gasteiger partial charge in [0.2, 0.25) is 4.96 Å².